The average Bonchev–Trinajstić information content (AvgIpc) is 2.59. The summed E-state index contributed by atoms with van der Waals surface area (Å²) in [5.74, 6) is -1.82. The molecule has 0 spiro atoms. The molecule has 146 valence electrons. The third-order valence-corrected chi connectivity index (χ3v) is 5.53. The van der Waals surface area contributed by atoms with E-state index in [0.717, 1.165) is 0 Å². The van der Waals surface area contributed by atoms with Crippen molar-refractivity contribution in [2.24, 2.45) is 11.8 Å². The summed E-state index contributed by atoms with van der Waals surface area (Å²) in [6, 6.07) is 5.66. The summed E-state index contributed by atoms with van der Waals surface area (Å²) in [5.41, 5.74) is 0.413. The molecule has 0 radical (unpaired) electrons. The zero-order valence-corrected chi connectivity index (χ0v) is 16.5. The van der Waals surface area contributed by atoms with E-state index in [0.29, 0.717) is 25.1 Å². The van der Waals surface area contributed by atoms with Gasteiger partial charge in [-0.05, 0) is 50.5 Å². The summed E-state index contributed by atoms with van der Waals surface area (Å²) < 4.78 is 27.1. The highest BCUT2D eigenvalue weighted by Gasteiger charge is 2.23. The number of sulfonamides is 1. The van der Waals surface area contributed by atoms with E-state index in [1.165, 1.54) is 24.3 Å². The molecule has 0 saturated heterocycles. The van der Waals surface area contributed by atoms with Crippen LogP contribution >= 0.6 is 0 Å². The van der Waals surface area contributed by atoms with Gasteiger partial charge in [-0.25, -0.2) is 13.1 Å². The van der Waals surface area contributed by atoms with Gasteiger partial charge in [0.25, 0.3) is 5.91 Å². The van der Waals surface area contributed by atoms with Crippen molar-refractivity contribution in [3.05, 3.63) is 29.8 Å². The van der Waals surface area contributed by atoms with Crippen molar-refractivity contribution in [3.63, 3.8) is 0 Å². The van der Waals surface area contributed by atoms with E-state index in [9.17, 15) is 23.1 Å². The molecular weight excluding hydrogens is 356 g/mol. The van der Waals surface area contributed by atoms with Crippen LogP contribution < -0.4 is 4.72 Å². The molecule has 1 atom stereocenters. The fourth-order valence-electron chi connectivity index (χ4n) is 2.60. The second-order valence-electron chi connectivity index (χ2n) is 6.52. The zero-order valence-electron chi connectivity index (χ0n) is 15.7. The molecule has 0 aliphatic rings. The van der Waals surface area contributed by atoms with E-state index in [4.69, 9.17) is 0 Å². The third-order valence-electron chi connectivity index (χ3n) is 4.09. The lowest BCUT2D eigenvalue weighted by Crippen LogP contribution is -2.34. The highest BCUT2D eigenvalue weighted by atomic mass is 32.2. The molecule has 8 heteroatoms. The topological polar surface area (TPSA) is 104 Å². The number of carbonyl (C=O) groups is 2. The van der Waals surface area contributed by atoms with Crippen molar-refractivity contribution >= 4 is 21.9 Å². The van der Waals surface area contributed by atoms with Crippen molar-refractivity contribution in [2.75, 3.05) is 19.6 Å². The molecule has 0 saturated carbocycles. The third kappa shape index (κ3) is 6.10. The van der Waals surface area contributed by atoms with Crippen molar-refractivity contribution < 1.29 is 23.1 Å². The van der Waals surface area contributed by atoms with Crippen LogP contribution in [0.1, 0.15) is 44.5 Å². The first-order valence-corrected chi connectivity index (χ1v) is 10.2. The van der Waals surface area contributed by atoms with E-state index < -0.39 is 21.9 Å². The number of carboxylic acids is 1. The lowest BCUT2D eigenvalue weighted by atomic mass is 9.98. The number of hydrogen-bond acceptors (Lipinski definition) is 4. The molecule has 2 N–H and O–H groups in total. The number of hydrogen-bond donors (Lipinski definition) is 2. The Morgan fingerprint density at radius 2 is 1.65 bits per heavy atom. The van der Waals surface area contributed by atoms with Crippen LogP contribution in [-0.2, 0) is 14.8 Å². The normalized spacial score (nSPS) is 12.8. The molecule has 0 aliphatic heterocycles. The highest BCUT2D eigenvalue weighted by Crippen LogP contribution is 2.15. The summed E-state index contributed by atoms with van der Waals surface area (Å²) >= 11 is 0. The van der Waals surface area contributed by atoms with Crippen LogP contribution in [0.2, 0.25) is 0 Å². The molecule has 1 rings (SSSR count). The number of carboxylic acid groups (broad SMARTS) is 1. The standard InChI is InChI=1S/C18H28N2O5S/c1-5-20(6-2)17(21)14-7-9-16(10-8-14)26(24,25)19-12-15(18(22)23)11-13(3)4/h7-10,13,15,19H,5-6,11-12H2,1-4H3,(H,22,23). The number of amides is 1. The minimum absolute atomic E-state index is 0.00211. The highest BCUT2D eigenvalue weighted by molar-refractivity contribution is 7.89. The number of nitrogens with zero attached hydrogens (tertiary/aromatic N) is 1. The van der Waals surface area contributed by atoms with E-state index in [1.807, 2.05) is 27.7 Å². The van der Waals surface area contributed by atoms with Gasteiger partial charge in [-0.2, -0.15) is 0 Å². The number of aliphatic carboxylic acids is 1. The minimum Gasteiger partial charge on any atom is -0.481 e. The molecule has 0 aromatic heterocycles. The Kier molecular flexibility index (Phi) is 8.23. The molecule has 0 aliphatic carbocycles. The van der Waals surface area contributed by atoms with Crippen LogP contribution in [0.15, 0.2) is 29.2 Å². The van der Waals surface area contributed by atoms with Gasteiger partial charge in [0, 0.05) is 25.2 Å². The number of rotatable bonds is 10. The van der Waals surface area contributed by atoms with Crippen molar-refractivity contribution in [1.82, 2.24) is 9.62 Å². The molecular formula is C18H28N2O5S. The van der Waals surface area contributed by atoms with E-state index in [-0.39, 0.29) is 23.3 Å². The Labute approximate surface area is 155 Å². The van der Waals surface area contributed by atoms with Gasteiger partial charge >= 0.3 is 5.97 Å². The van der Waals surface area contributed by atoms with Gasteiger partial charge in [0.1, 0.15) is 0 Å². The average molecular weight is 384 g/mol. The minimum atomic E-state index is -3.84. The Hall–Kier alpha value is -1.93. The summed E-state index contributed by atoms with van der Waals surface area (Å²) in [5, 5.41) is 9.21. The van der Waals surface area contributed by atoms with Gasteiger partial charge in [0.15, 0.2) is 0 Å². The fraction of sp³-hybridized carbons (Fsp3) is 0.556. The number of benzene rings is 1. The summed E-state index contributed by atoms with van der Waals surface area (Å²) in [7, 11) is -3.84. The maximum atomic E-state index is 12.4. The van der Waals surface area contributed by atoms with Crippen LogP contribution in [0.4, 0.5) is 0 Å². The summed E-state index contributed by atoms with van der Waals surface area (Å²) in [6.45, 7) is 8.50. The molecule has 0 bridgehead atoms. The molecule has 0 fully saturated rings. The van der Waals surface area contributed by atoms with Crippen molar-refractivity contribution in [2.45, 2.75) is 39.0 Å². The maximum absolute atomic E-state index is 12.4. The number of nitrogens with one attached hydrogen (secondary N) is 1. The SMILES string of the molecule is CCN(CC)C(=O)c1ccc(S(=O)(=O)NCC(CC(C)C)C(=O)O)cc1. The van der Waals surface area contributed by atoms with Crippen molar-refractivity contribution in [1.29, 1.82) is 0 Å². The zero-order chi connectivity index (χ0) is 19.9. The predicted octanol–water partition coefficient (Wildman–Crippen LogP) is 2.19. The molecule has 1 amide bonds. The van der Waals surface area contributed by atoms with E-state index >= 15 is 0 Å². The van der Waals surface area contributed by atoms with E-state index in [2.05, 4.69) is 4.72 Å². The lowest BCUT2D eigenvalue weighted by Gasteiger charge is -2.19. The predicted molar refractivity (Wildman–Crippen MR) is 99.5 cm³/mol. The molecule has 1 unspecified atom stereocenters. The van der Waals surface area contributed by atoms with Crippen molar-refractivity contribution in [3.8, 4) is 0 Å². The molecule has 0 heterocycles. The van der Waals surface area contributed by atoms with Crippen LogP contribution in [0.3, 0.4) is 0 Å². The second-order valence-corrected chi connectivity index (χ2v) is 8.29. The Morgan fingerprint density at radius 1 is 1.12 bits per heavy atom. The maximum Gasteiger partial charge on any atom is 0.307 e. The Bertz CT molecular complexity index is 710. The van der Waals surface area contributed by atoms with Gasteiger partial charge in [0.2, 0.25) is 10.0 Å². The lowest BCUT2D eigenvalue weighted by molar-refractivity contribution is -0.142. The van der Waals surface area contributed by atoms with Crippen LogP contribution in [0.25, 0.3) is 0 Å². The first-order chi connectivity index (χ1) is 12.1. The van der Waals surface area contributed by atoms with Gasteiger partial charge in [-0.3, -0.25) is 9.59 Å². The van der Waals surface area contributed by atoms with Gasteiger partial charge < -0.3 is 10.0 Å². The molecule has 26 heavy (non-hydrogen) atoms. The largest absolute Gasteiger partial charge is 0.481 e. The second kappa shape index (κ2) is 9.68. The van der Waals surface area contributed by atoms with Gasteiger partial charge in [-0.1, -0.05) is 13.8 Å². The number of carbonyl (C=O) groups excluding carboxylic acids is 1. The molecule has 1 aromatic carbocycles. The molecule has 1 aromatic rings. The van der Waals surface area contributed by atoms with Crippen LogP contribution in [0.5, 0.6) is 0 Å². The quantitative estimate of drug-likeness (QED) is 0.643. The Balaban J connectivity index is 2.86. The Morgan fingerprint density at radius 3 is 2.08 bits per heavy atom. The van der Waals surface area contributed by atoms with Gasteiger partial charge in [-0.15, -0.1) is 0 Å². The monoisotopic (exact) mass is 384 g/mol. The van der Waals surface area contributed by atoms with E-state index in [1.54, 1.807) is 4.90 Å². The summed E-state index contributed by atoms with van der Waals surface area (Å²) in [6.07, 6.45) is 0.384. The summed E-state index contributed by atoms with van der Waals surface area (Å²) in [4.78, 5) is 25.2. The smallest absolute Gasteiger partial charge is 0.307 e. The van der Waals surface area contributed by atoms with Gasteiger partial charge in [0.05, 0.1) is 10.8 Å². The first kappa shape index (κ1) is 22.1. The van der Waals surface area contributed by atoms with Crippen LogP contribution in [-0.4, -0.2) is 49.9 Å². The molecule has 7 nitrogen and oxygen atoms in total. The fourth-order valence-corrected chi connectivity index (χ4v) is 3.69. The van der Waals surface area contributed by atoms with Crippen LogP contribution in [0, 0.1) is 11.8 Å². The first-order valence-electron chi connectivity index (χ1n) is 8.74.